The molecule has 0 aliphatic carbocycles. The highest BCUT2D eigenvalue weighted by atomic mass is 32.2. The number of aromatic hydroxyl groups is 2. The van der Waals surface area contributed by atoms with E-state index in [1.165, 1.54) is 24.3 Å². The topological polar surface area (TPSA) is 164 Å². The number of aliphatic carboxylic acids is 1. The third kappa shape index (κ3) is 3.02. The summed E-state index contributed by atoms with van der Waals surface area (Å²) < 4.78 is 27.3. The molecular weight excluding hydrogens is 392 g/mol. The van der Waals surface area contributed by atoms with Crippen molar-refractivity contribution in [2.24, 2.45) is 0 Å². The average molecular weight is 409 g/mol. The van der Waals surface area contributed by atoms with E-state index in [4.69, 9.17) is 4.52 Å². The molecule has 11 heteroatoms. The zero-order valence-corrected chi connectivity index (χ0v) is 15.7. The maximum absolute atomic E-state index is 12.1. The highest BCUT2D eigenvalue weighted by Crippen LogP contribution is 2.39. The van der Waals surface area contributed by atoms with Crippen LogP contribution in [-0.2, 0) is 25.4 Å². The number of carboxylic acids is 1. The van der Waals surface area contributed by atoms with E-state index in [-0.39, 0.29) is 29.2 Å². The van der Waals surface area contributed by atoms with E-state index in [0.29, 0.717) is 0 Å². The van der Waals surface area contributed by atoms with Crippen molar-refractivity contribution in [3.8, 4) is 22.8 Å². The van der Waals surface area contributed by atoms with E-state index in [9.17, 15) is 33.7 Å². The fourth-order valence-electron chi connectivity index (χ4n) is 3.25. The number of amides is 1. The van der Waals surface area contributed by atoms with Gasteiger partial charge < -0.3 is 29.3 Å². The van der Waals surface area contributed by atoms with Crippen molar-refractivity contribution in [1.29, 1.82) is 0 Å². The molecule has 1 aliphatic rings. The van der Waals surface area contributed by atoms with Crippen LogP contribution in [0.25, 0.3) is 11.3 Å². The quantitative estimate of drug-likeness (QED) is 0.357. The maximum Gasteiger partial charge on any atom is 0.328 e. The summed E-state index contributed by atoms with van der Waals surface area (Å²) in [5.41, 5.74) is 0.0797. The molecule has 1 saturated heterocycles. The van der Waals surface area contributed by atoms with Gasteiger partial charge in [0.05, 0.1) is 0 Å². The Hall–Kier alpha value is -2.92. The molecule has 10 nitrogen and oxygen atoms in total. The molecule has 1 aromatic carbocycles. The Bertz CT molecular complexity index is 974. The Morgan fingerprint density at radius 2 is 2.07 bits per heavy atom. The lowest BCUT2D eigenvalue weighted by Gasteiger charge is -2.48. The predicted molar refractivity (Wildman–Crippen MR) is 93.9 cm³/mol. The van der Waals surface area contributed by atoms with Crippen LogP contribution >= 0.6 is 0 Å². The molecule has 0 spiro atoms. The monoisotopic (exact) mass is 409 g/mol. The molecule has 0 saturated carbocycles. The van der Waals surface area contributed by atoms with Crippen LogP contribution in [0.3, 0.4) is 0 Å². The van der Waals surface area contributed by atoms with Gasteiger partial charge in [-0.1, -0.05) is 5.16 Å². The number of aromatic nitrogens is 1. The molecular formula is C17H17N2O8S-. The lowest BCUT2D eigenvalue weighted by molar-refractivity contribution is -0.163. The van der Waals surface area contributed by atoms with E-state index in [2.05, 4.69) is 5.16 Å². The summed E-state index contributed by atoms with van der Waals surface area (Å²) >= 11 is -2.98. The molecule has 0 radical (unpaired) electrons. The lowest BCUT2D eigenvalue weighted by Crippen LogP contribution is -2.65. The lowest BCUT2D eigenvalue weighted by atomic mass is 9.89. The first kappa shape index (κ1) is 19.8. The first-order valence-electron chi connectivity index (χ1n) is 8.20. The van der Waals surface area contributed by atoms with Gasteiger partial charge in [0.1, 0.15) is 10.4 Å². The summed E-state index contributed by atoms with van der Waals surface area (Å²) in [6, 6.07) is 2.89. The number of benzene rings is 1. The summed E-state index contributed by atoms with van der Waals surface area (Å²) in [6.45, 7) is 2.78. The van der Waals surface area contributed by atoms with Crippen LogP contribution in [0.15, 0.2) is 28.8 Å². The second-order valence-corrected chi connectivity index (χ2v) is 8.03. The average Bonchev–Trinajstić information content (AvgIpc) is 3.11. The van der Waals surface area contributed by atoms with Gasteiger partial charge in [-0.05, 0) is 43.1 Å². The number of carbonyl (C=O) groups excluding carboxylic acids is 1. The van der Waals surface area contributed by atoms with Crippen LogP contribution in [0.4, 0.5) is 0 Å². The Balaban J connectivity index is 2.07. The van der Waals surface area contributed by atoms with Crippen molar-refractivity contribution in [1.82, 2.24) is 10.1 Å². The summed E-state index contributed by atoms with van der Waals surface area (Å²) in [7, 11) is 0. The van der Waals surface area contributed by atoms with E-state index < -0.39 is 45.5 Å². The van der Waals surface area contributed by atoms with Gasteiger partial charge in [0.2, 0.25) is 5.91 Å². The minimum absolute atomic E-state index is 0.0501. The minimum Gasteiger partial charge on any atom is -0.772 e. The number of phenolic OH excluding ortho intramolecular Hbond substituents is 2. The molecule has 150 valence electrons. The molecule has 1 amide bonds. The Morgan fingerprint density at radius 3 is 2.57 bits per heavy atom. The number of hydrogen-bond acceptors (Lipinski definition) is 8. The van der Waals surface area contributed by atoms with E-state index in [0.717, 1.165) is 11.8 Å². The number of nitrogens with zero attached hydrogens (tertiary/aromatic N) is 2. The molecule has 0 bridgehead atoms. The number of hydrogen-bond donors (Lipinski definition) is 3. The first-order chi connectivity index (χ1) is 13.1. The Labute approximate surface area is 161 Å². The maximum atomic E-state index is 12.1. The molecule has 2 heterocycles. The van der Waals surface area contributed by atoms with Crippen LogP contribution in [0.1, 0.15) is 26.0 Å². The highest BCUT2D eigenvalue weighted by molar-refractivity contribution is 7.80. The third-order valence-electron chi connectivity index (χ3n) is 4.89. The molecule has 3 N–H and O–H groups in total. The zero-order valence-electron chi connectivity index (χ0n) is 14.9. The number of carboxylic acid groups (broad SMARTS) is 1. The van der Waals surface area contributed by atoms with Gasteiger partial charge in [-0.3, -0.25) is 9.00 Å². The molecule has 1 fully saturated rings. The van der Waals surface area contributed by atoms with Crippen molar-refractivity contribution in [2.45, 2.75) is 37.1 Å². The van der Waals surface area contributed by atoms with Crippen LogP contribution in [0.5, 0.6) is 11.5 Å². The second-order valence-electron chi connectivity index (χ2n) is 6.72. The Kier molecular flexibility index (Phi) is 4.90. The summed E-state index contributed by atoms with van der Waals surface area (Å²) in [4.78, 5) is 24.9. The van der Waals surface area contributed by atoms with E-state index in [1.807, 2.05) is 0 Å². The van der Waals surface area contributed by atoms with Crippen molar-refractivity contribution < 1.29 is 38.2 Å². The minimum atomic E-state index is -2.98. The van der Waals surface area contributed by atoms with E-state index in [1.54, 1.807) is 6.92 Å². The smallest absolute Gasteiger partial charge is 0.328 e. The van der Waals surface area contributed by atoms with Crippen LogP contribution in [0, 0.1) is 0 Å². The predicted octanol–water partition coefficient (Wildman–Crippen LogP) is 0.921. The molecule has 1 aliphatic heterocycles. The summed E-state index contributed by atoms with van der Waals surface area (Å²) in [6.07, 6.45) is 0.127. The highest BCUT2D eigenvalue weighted by Gasteiger charge is 2.53. The number of carbonyl (C=O) groups is 2. The normalized spacial score (nSPS) is 20.9. The SMILES string of the molecule is C[C@@H]1CC(=O)N1[C@@H](C(=O)O)[C@](C)(c1cc(-c2ccc(O)c(O)c2)on1)S(=O)[O-]. The van der Waals surface area contributed by atoms with Crippen LogP contribution < -0.4 is 0 Å². The third-order valence-corrected chi connectivity index (χ3v) is 6.02. The van der Waals surface area contributed by atoms with Crippen molar-refractivity contribution in [3.63, 3.8) is 0 Å². The molecule has 2 aromatic rings. The van der Waals surface area contributed by atoms with Crippen molar-refractivity contribution in [3.05, 3.63) is 30.0 Å². The zero-order chi connectivity index (χ0) is 20.8. The Morgan fingerprint density at radius 1 is 1.39 bits per heavy atom. The number of rotatable bonds is 6. The summed E-state index contributed by atoms with van der Waals surface area (Å²) in [5.74, 6) is -2.68. The van der Waals surface area contributed by atoms with Gasteiger partial charge in [-0.25, -0.2) is 4.79 Å². The van der Waals surface area contributed by atoms with Gasteiger partial charge in [0, 0.05) is 24.1 Å². The first-order valence-corrected chi connectivity index (χ1v) is 9.27. The fraction of sp³-hybridized carbons (Fsp3) is 0.353. The molecule has 1 unspecified atom stereocenters. The van der Waals surface area contributed by atoms with Crippen LogP contribution in [0.2, 0.25) is 0 Å². The van der Waals surface area contributed by atoms with Gasteiger partial charge in [0.15, 0.2) is 23.3 Å². The van der Waals surface area contributed by atoms with Gasteiger partial charge >= 0.3 is 5.97 Å². The van der Waals surface area contributed by atoms with Gasteiger partial charge in [-0.15, -0.1) is 0 Å². The largest absolute Gasteiger partial charge is 0.772 e. The standard InChI is InChI=1S/C17H18N2O8S/c1-8-5-14(22)19(8)15(16(23)24)17(2,28(25)26)13-7-12(27-18-13)9-3-4-10(20)11(21)6-9/h3-4,6-8,15,20-21H,5H2,1-2H3,(H,23,24)(H,25,26)/p-1/t8-,15+,17+/m1/s1. The van der Waals surface area contributed by atoms with Crippen molar-refractivity contribution >= 4 is 23.0 Å². The fourth-order valence-corrected chi connectivity index (χ4v) is 3.91. The van der Waals surface area contributed by atoms with Crippen molar-refractivity contribution in [2.75, 3.05) is 0 Å². The van der Waals surface area contributed by atoms with Crippen LogP contribution in [-0.4, -0.2) is 58.1 Å². The summed E-state index contributed by atoms with van der Waals surface area (Å²) in [5, 5.41) is 32.4. The molecule has 4 atom stereocenters. The molecule has 3 rings (SSSR count). The second kappa shape index (κ2) is 6.91. The molecule has 28 heavy (non-hydrogen) atoms. The van der Waals surface area contributed by atoms with Gasteiger partial charge in [-0.2, -0.15) is 0 Å². The number of phenols is 2. The molecule has 1 aromatic heterocycles. The number of likely N-dealkylation sites (tertiary alicyclic amines) is 1. The number of β-lactam (4-membered cyclic amide) rings is 1. The van der Waals surface area contributed by atoms with E-state index >= 15 is 0 Å². The van der Waals surface area contributed by atoms with Gasteiger partial charge in [0.25, 0.3) is 0 Å².